The molecule has 0 spiro atoms. The first-order valence-electron chi connectivity index (χ1n) is 11.6. The largest absolute Gasteiger partial charge is 0.380 e. The van der Waals surface area contributed by atoms with Crippen molar-refractivity contribution in [3.63, 3.8) is 0 Å². The van der Waals surface area contributed by atoms with Gasteiger partial charge >= 0.3 is 0 Å². The van der Waals surface area contributed by atoms with E-state index in [1.165, 1.54) is 0 Å². The number of hydroxylamine groups is 2. The highest BCUT2D eigenvalue weighted by Crippen LogP contribution is 2.41. The number of nitrogens with zero attached hydrogens (tertiary/aromatic N) is 4. The molecule has 0 N–H and O–H groups in total. The number of benzene rings is 1. The first-order valence-corrected chi connectivity index (χ1v) is 11.6. The summed E-state index contributed by atoms with van der Waals surface area (Å²) < 4.78 is 6.05. The molecule has 1 saturated carbocycles. The summed E-state index contributed by atoms with van der Waals surface area (Å²) in [5.41, 5.74) is 2.52. The molecule has 1 aromatic carbocycles. The fourth-order valence-corrected chi connectivity index (χ4v) is 5.24. The van der Waals surface area contributed by atoms with E-state index in [9.17, 15) is 9.59 Å². The van der Waals surface area contributed by atoms with Crippen molar-refractivity contribution in [3.05, 3.63) is 29.3 Å². The Kier molecular flexibility index (Phi) is 8.51. The van der Waals surface area contributed by atoms with E-state index in [1.807, 2.05) is 31.1 Å². The van der Waals surface area contributed by atoms with Crippen LogP contribution < -0.4 is 4.90 Å². The summed E-state index contributed by atoms with van der Waals surface area (Å²) in [4.78, 5) is 40.0. The van der Waals surface area contributed by atoms with E-state index in [1.54, 1.807) is 12.2 Å². The first-order chi connectivity index (χ1) is 15.8. The Bertz CT molecular complexity index is 887. The molecule has 1 heterocycles. The zero-order valence-electron chi connectivity index (χ0n) is 20.2. The van der Waals surface area contributed by atoms with E-state index in [4.69, 9.17) is 9.57 Å². The summed E-state index contributed by atoms with van der Waals surface area (Å²) in [6.45, 7) is 10.0. The number of rotatable bonds is 8. The Hall–Kier alpha value is -2.42. The van der Waals surface area contributed by atoms with Crippen LogP contribution in [0.2, 0.25) is 0 Å². The lowest BCUT2D eigenvalue weighted by molar-refractivity contribution is -0.163. The standard InChI is InChI=1S/C25H36N4O4/c1-7-16-15-33-29(22(16)25(31)27-3)14-17-9-8-10-21(23(17)32-6)18-11-19(24(30)26-2)13-20(12-18)28(4)5/h11-13,16-17,21-23H,2-3,7-10,14-15H2,1,4-6H3/t16?,17?,21?,22-,23?/m0/s1. The highest BCUT2D eigenvalue weighted by Gasteiger charge is 2.43. The molecule has 2 aliphatic rings. The Labute approximate surface area is 196 Å². The number of carbonyl (C=O) groups excluding carboxylic acids is 2. The number of hydrogen-bond donors (Lipinski definition) is 0. The van der Waals surface area contributed by atoms with Crippen molar-refractivity contribution in [2.24, 2.45) is 21.8 Å². The number of aliphatic imine (C=N–C) groups is 2. The minimum atomic E-state index is -0.398. The lowest BCUT2D eigenvalue weighted by Gasteiger charge is -2.40. The van der Waals surface area contributed by atoms with Gasteiger partial charge in [-0.2, -0.15) is 5.06 Å². The van der Waals surface area contributed by atoms with Crippen LogP contribution in [-0.4, -0.2) is 76.8 Å². The van der Waals surface area contributed by atoms with Crippen LogP contribution in [-0.2, 0) is 14.4 Å². The van der Waals surface area contributed by atoms with Gasteiger partial charge in [-0.3, -0.25) is 14.4 Å². The maximum Gasteiger partial charge on any atom is 0.276 e. The number of ether oxygens (including phenoxy) is 1. The number of amides is 2. The van der Waals surface area contributed by atoms with E-state index >= 15 is 0 Å². The van der Waals surface area contributed by atoms with E-state index < -0.39 is 6.04 Å². The minimum Gasteiger partial charge on any atom is -0.380 e. The second-order valence-electron chi connectivity index (χ2n) is 9.17. The van der Waals surface area contributed by atoms with Gasteiger partial charge in [-0.25, -0.2) is 9.98 Å². The smallest absolute Gasteiger partial charge is 0.276 e. The molecular weight excluding hydrogens is 420 g/mol. The van der Waals surface area contributed by atoms with Crippen molar-refractivity contribution >= 4 is 30.9 Å². The quantitative estimate of drug-likeness (QED) is 0.558. The third-order valence-electron chi connectivity index (χ3n) is 7.06. The Morgan fingerprint density at radius 1 is 1.18 bits per heavy atom. The van der Waals surface area contributed by atoms with Gasteiger partial charge in [0.15, 0.2) is 0 Å². The average Bonchev–Trinajstić information content (AvgIpc) is 3.24. The summed E-state index contributed by atoms with van der Waals surface area (Å²) in [6, 6.07) is 5.47. The van der Waals surface area contributed by atoms with E-state index in [2.05, 4.69) is 36.4 Å². The molecule has 180 valence electrons. The van der Waals surface area contributed by atoms with Crippen LogP contribution in [0.4, 0.5) is 5.69 Å². The predicted molar refractivity (Wildman–Crippen MR) is 130 cm³/mol. The van der Waals surface area contributed by atoms with Crippen LogP contribution in [0.15, 0.2) is 28.2 Å². The number of anilines is 1. The highest BCUT2D eigenvalue weighted by atomic mass is 16.7. The van der Waals surface area contributed by atoms with Crippen molar-refractivity contribution in [3.8, 4) is 0 Å². The summed E-state index contributed by atoms with van der Waals surface area (Å²) in [5, 5.41) is 1.80. The molecule has 33 heavy (non-hydrogen) atoms. The Morgan fingerprint density at radius 3 is 2.55 bits per heavy atom. The second-order valence-corrected chi connectivity index (χ2v) is 9.17. The maximum atomic E-state index is 12.5. The van der Waals surface area contributed by atoms with E-state index in [0.717, 1.165) is 36.9 Å². The number of hydrogen-bond acceptors (Lipinski definition) is 6. The summed E-state index contributed by atoms with van der Waals surface area (Å²) in [7, 11) is 5.63. The van der Waals surface area contributed by atoms with Crippen LogP contribution >= 0.6 is 0 Å². The van der Waals surface area contributed by atoms with Gasteiger partial charge in [-0.05, 0) is 56.5 Å². The SMILES string of the molecule is C=NC(=O)c1cc(C2CCCC(CN3OCC(CC)[C@H]3C(=O)N=C)C2OC)cc(N(C)C)c1. The topological polar surface area (TPSA) is 83.8 Å². The molecule has 0 bridgehead atoms. The minimum absolute atomic E-state index is 0.0764. The zero-order chi connectivity index (χ0) is 24.1. The lowest BCUT2D eigenvalue weighted by Crippen LogP contribution is -2.45. The number of methoxy groups -OCH3 is 1. The molecule has 3 rings (SSSR count). The number of carbonyl (C=O) groups is 2. The normalized spacial score (nSPS) is 27.8. The van der Waals surface area contributed by atoms with Crippen molar-refractivity contribution < 1.29 is 19.2 Å². The third kappa shape index (κ3) is 5.39. The van der Waals surface area contributed by atoms with Crippen LogP contribution in [0.3, 0.4) is 0 Å². The third-order valence-corrected chi connectivity index (χ3v) is 7.06. The van der Waals surface area contributed by atoms with Crippen LogP contribution in [0.1, 0.15) is 54.4 Å². The molecule has 1 saturated heterocycles. The van der Waals surface area contributed by atoms with Gasteiger partial charge < -0.3 is 9.64 Å². The molecular formula is C25H36N4O4. The lowest BCUT2D eigenvalue weighted by atomic mass is 9.74. The Morgan fingerprint density at radius 2 is 1.94 bits per heavy atom. The summed E-state index contributed by atoms with van der Waals surface area (Å²) in [5.74, 6) is -0.180. The highest BCUT2D eigenvalue weighted by molar-refractivity contribution is 5.98. The van der Waals surface area contributed by atoms with Gasteiger partial charge in [0.2, 0.25) is 0 Å². The van der Waals surface area contributed by atoms with Crippen LogP contribution in [0.5, 0.6) is 0 Å². The average molecular weight is 457 g/mol. The predicted octanol–water partition coefficient (Wildman–Crippen LogP) is 3.36. The van der Waals surface area contributed by atoms with Gasteiger partial charge in [0, 0.05) is 56.8 Å². The molecule has 1 aliphatic heterocycles. The molecule has 4 unspecified atom stereocenters. The van der Waals surface area contributed by atoms with E-state index in [0.29, 0.717) is 18.7 Å². The summed E-state index contributed by atoms with van der Waals surface area (Å²) in [6.07, 6.45) is 3.72. The molecule has 2 fully saturated rings. The van der Waals surface area contributed by atoms with Crippen LogP contribution in [0, 0.1) is 11.8 Å². The van der Waals surface area contributed by atoms with Crippen molar-refractivity contribution in [1.29, 1.82) is 0 Å². The van der Waals surface area contributed by atoms with Gasteiger partial charge in [0.1, 0.15) is 6.04 Å². The molecule has 8 heteroatoms. The molecule has 0 radical (unpaired) electrons. The summed E-state index contributed by atoms with van der Waals surface area (Å²) >= 11 is 0. The van der Waals surface area contributed by atoms with Crippen molar-refractivity contribution in [1.82, 2.24) is 5.06 Å². The van der Waals surface area contributed by atoms with Gasteiger partial charge in [-0.15, -0.1) is 0 Å². The monoisotopic (exact) mass is 456 g/mol. The fraction of sp³-hybridized carbons (Fsp3) is 0.600. The van der Waals surface area contributed by atoms with Crippen LogP contribution in [0.25, 0.3) is 0 Å². The van der Waals surface area contributed by atoms with Crippen molar-refractivity contribution in [2.45, 2.75) is 50.7 Å². The van der Waals surface area contributed by atoms with Gasteiger partial charge in [-0.1, -0.05) is 13.3 Å². The zero-order valence-corrected chi connectivity index (χ0v) is 20.2. The van der Waals surface area contributed by atoms with Crippen molar-refractivity contribution in [2.75, 3.05) is 39.3 Å². The second kappa shape index (κ2) is 11.1. The molecule has 8 nitrogen and oxygen atoms in total. The molecule has 5 atom stereocenters. The molecule has 1 aliphatic carbocycles. The van der Waals surface area contributed by atoms with Gasteiger partial charge in [0.25, 0.3) is 11.8 Å². The molecule has 0 aromatic heterocycles. The Balaban J connectivity index is 1.88. The fourth-order valence-electron chi connectivity index (χ4n) is 5.24. The van der Waals surface area contributed by atoms with E-state index in [-0.39, 0.29) is 35.7 Å². The molecule has 2 amide bonds. The van der Waals surface area contributed by atoms with Gasteiger partial charge in [0.05, 0.1) is 12.7 Å². The molecule has 1 aromatic rings. The first kappa shape index (κ1) is 25.2. The maximum absolute atomic E-state index is 12.5.